The molecular weight excluding hydrogens is 347 g/mol. The summed E-state index contributed by atoms with van der Waals surface area (Å²) in [5.74, 6) is -0.905. The van der Waals surface area contributed by atoms with Crippen LogP contribution in [-0.2, 0) is 14.8 Å². The highest BCUT2D eigenvalue weighted by molar-refractivity contribution is 7.92. The second kappa shape index (κ2) is 6.84. The SMILES string of the molecule is NC(=O)COc1ccc(NS(=O)(=O)c2ccc(F)cc2Cl)cc1. The number of hydrogen-bond donors (Lipinski definition) is 2. The molecule has 0 aliphatic heterocycles. The molecule has 0 saturated heterocycles. The molecular formula is C14H12ClFN2O4S. The summed E-state index contributed by atoms with van der Waals surface area (Å²) in [6, 6.07) is 8.79. The Morgan fingerprint density at radius 1 is 1.22 bits per heavy atom. The van der Waals surface area contributed by atoms with Crippen molar-refractivity contribution < 1.29 is 22.3 Å². The van der Waals surface area contributed by atoms with Crippen molar-refractivity contribution in [2.75, 3.05) is 11.3 Å². The van der Waals surface area contributed by atoms with Crippen molar-refractivity contribution in [1.29, 1.82) is 0 Å². The maximum atomic E-state index is 13.0. The zero-order valence-electron chi connectivity index (χ0n) is 11.6. The third-order valence-corrected chi connectivity index (χ3v) is 4.54. The summed E-state index contributed by atoms with van der Waals surface area (Å²) in [7, 11) is -3.96. The van der Waals surface area contributed by atoms with Gasteiger partial charge in [0.1, 0.15) is 16.5 Å². The van der Waals surface area contributed by atoms with E-state index in [1.807, 2.05) is 0 Å². The quantitative estimate of drug-likeness (QED) is 0.826. The smallest absolute Gasteiger partial charge is 0.263 e. The van der Waals surface area contributed by atoms with Crippen molar-refractivity contribution in [2.24, 2.45) is 5.73 Å². The van der Waals surface area contributed by atoms with E-state index < -0.39 is 21.7 Å². The molecule has 6 nitrogen and oxygen atoms in total. The number of ether oxygens (including phenoxy) is 1. The Kier molecular flexibility index (Phi) is 5.07. The van der Waals surface area contributed by atoms with E-state index in [9.17, 15) is 17.6 Å². The summed E-state index contributed by atoms with van der Waals surface area (Å²) in [4.78, 5) is 10.4. The van der Waals surface area contributed by atoms with Crippen molar-refractivity contribution in [2.45, 2.75) is 4.90 Å². The largest absolute Gasteiger partial charge is 0.484 e. The Balaban J connectivity index is 2.15. The molecule has 122 valence electrons. The zero-order chi connectivity index (χ0) is 17.0. The molecule has 0 heterocycles. The molecule has 0 aliphatic carbocycles. The third kappa shape index (κ3) is 4.57. The Hall–Kier alpha value is -2.32. The Labute approximate surface area is 137 Å². The van der Waals surface area contributed by atoms with Crippen LogP contribution in [0.4, 0.5) is 10.1 Å². The number of nitrogens with two attached hydrogens (primary N) is 1. The first-order valence-electron chi connectivity index (χ1n) is 6.27. The van der Waals surface area contributed by atoms with Gasteiger partial charge in [-0.3, -0.25) is 9.52 Å². The van der Waals surface area contributed by atoms with Crippen LogP contribution in [0.25, 0.3) is 0 Å². The number of hydrogen-bond acceptors (Lipinski definition) is 4. The predicted octanol–water partition coefficient (Wildman–Crippen LogP) is 2.14. The molecule has 0 radical (unpaired) electrons. The summed E-state index contributed by atoms with van der Waals surface area (Å²) >= 11 is 5.75. The van der Waals surface area contributed by atoms with E-state index in [1.165, 1.54) is 24.3 Å². The highest BCUT2D eigenvalue weighted by atomic mass is 35.5. The van der Waals surface area contributed by atoms with Gasteiger partial charge in [-0.15, -0.1) is 0 Å². The van der Waals surface area contributed by atoms with Crippen molar-refractivity contribution in [1.82, 2.24) is 0 Å². The van der Waals surface area contributed by atoms with Crippen LogP contribution < -0.4 is 15.2 Å². The zero-order valence-corrected chi connectivity index (χ0v) is 13.2. The lowest BCUT2D eigenvalue weighted by atomic mass is 10.3. The molecule has 9 heteroatoms. The lowest BCUT2D eigenvalue weighted by Crippen LogP contribution is -2.20. The van der Waals surface area contributed by atoms with Gasteiger partial charge in [0.15, 0.2) is 6.61 Å². The monoisotopic (exact) mass is 358 g/mol. The maximum absolute atomic E-state index is 13.0. The summed E-state index contributed by atoms with van der Waals surface area (Å²) < 4.78 is 44.8. The first kappa shape index (κ1) is 17.0. The van der Waals surface area contributed by atoms with Crippen LogP contribution >= 0.6 is 11.6 Å². The number of benzene rings is 2. The molecule has 0 unspecified atom stereocenters. The summed E-state index contributed by atoms with van der Waals surface area (Å²) in [6.45, 7) is -0.281. The van der Waals surface area contributed by atoms with Gasteiger partial charge in [-0.1, -0.05) is 11.6 Å². The fraction of sp³-hybridized carbons (Fsp3) is 0.0714. The van der Waals surface area contributed by atoms with Gasteiger partial charge in [0.2, 0.25) is 0 Å². The second-order valence-corrected chi connectivity index (χ2v) is 6.52. The Morgan fingerprint density at radius 3 is 2.43 bits per heavy atom. The van der Waals surface area contributed by atoms with E-state index in [0.29, 0.717) is 5.75 Å². The van der Waals surface area contributed by atoms with Gasteiger partial charge < -0.3 is 10.5 Å². The van der Waals surface area contributed by atoms with Crippen LogP contribution in [0, 0.1) is 5.82 Å². The van der Waals surface area contributed by atoms with Crippen LogP contribution in [0.3, 0.4) is 0 Å². The fourth-order valence-corrected chi connectivity index (χ4v) is 3.27. The number of carbonyl (C=O) groups is 1. The molecule has 3 N–H and O–H groups in total. The van der Waals surface area contributed by atoms with E-state index in [0.717, 1.165) is 18.2 Å². The molecule has 0 aliphatic rings. The van der Waals surface area contributed by atoms with Gasteiger partial charge in [-0.05, 0) is 42.5 Å². The molecule has 23 heavy (non-hydrogen) atoms. The molecule has 1 amide bonds. The first-order valence-corrected chi connectivity index (χ1v) is 8.13. The number of amides is 1. The average Bonchev–Trinajstić information content (AvgIpc) is 2.45. The number of nitrogens with one attached hydrogen (secondary N) is 1. The van der Waals surface area contributed by atoms with E-state index in [2.05, 4.69) is 4.72 Å². The molecule has 0 atom stereocenters. The number of rotatable bonds is 6. The molecule has 0 aromatic heterocycles. The number of sulfonamides is 1. The normalized spacial score (nSPS) is 11.0. The number of carbonyl (C=O) groups excluding carboxylic acids is 1. The van der Waals surface area contributed by atoms with E-state index >= 15 is 0 Å². The minimum Gasteiger partial charge on any atom is -0.484 e. The highest BCUT2D eigenvalue weighted by Crippen LogP contribution is 2.25. The number of primary amides is 1. The highest BCUT2D eigenvalue weighted by Gasteiger charge is 2.18. The topological polar surface area (TPSA) is 98.5 Å². The van der Waals surface area contributed by atoms with Crippen molar-refractivity contribution in [3.63, 3.8) is 0 Å². The minimum atomic E-state index is -3.96. The van der Waals surface area contributed by atoms with Gasteiger partial charge in [0.05, 0.1) is 5.02 Å². The number of anilines is 1. The van der Waals surface area contributed by atoms with Crippen LogP contribution in [0.2, 0.25) is 5.02 Å². The van der Waals surface area contributed by atoms with Crippen LogP contribution in [0.15, 0.2) is 47.4 Å². The van der Waals surface area contributed by atoms with Crippen molar-refractivity contribution in [3.05, 3.63) is 53.3 Å². The van der Waals surface area contributed by atoms with Gasteiger partial charge in [-0.2, -0.15) is 0 Å². The molecule has 2 aromatic carbocycles. The molecule has 0 bridgehead atoms. The molecule has 2 aromatic rings. The van der Waals surface area contributed by atoms with Gasteiger partial charge in [-0.25, -0.2) is 12.8 Å². The maximum Gasteiger partial charge on any atom is 0.263 e. The molecule has 0 spiro atoms. The average molecular weight is 359 g/mol. The van der Waals surface area contributed by atoms with Crippen molar-refractivity contribution >= 4 is 33.2 Å². The lowest BCUT2D eigenvalue weighted by molar-refractivity contribution is -0.119. The third-order valence-electron chi connectivity index (χ3n) is 2.67. The molecule has 2 rings (SSSR count). The first-order chi connectivity index (χ1) is 10.8. The van der Waals surface area contributed by atoms with Crippen LogP contribution in [0.5, 0.6) is 5.75 Å². The van der Waals surface area contributed by atoms with E-state index in [-0.39, 0.29) is 22.2 Å². The Morgan fingerprint density at radius 2 is 1.87 bits per heavy atom. The van der Waals surface area contributed by atoms with Crippen LogP contribution in [-0.4, -0.2) is 20.9 Å². The second-order valence-electron chi connectivity index (χ2n) is 4.46. The summed E-state index contributed by atoms with van der Waals surface area (Å²) in [5.41, 5.74) is 5.19. The summed E-state index contributed by atoms with van der Waals surface area (Å²) in [6.07, 6.45) is 0. The van der Waals surface area contributed by atoms with Crippen LogP contribution in [0.1, 0.15) is 0 Å². The molecule has 0 saturated carbocycles. The van der Waals surface area contributed by atoms with E-state index in [4.69, 9.17) is 22.1 Å². The molecule has 0 fully saturated rings. The standard InChI is InChI=1S/C14H12ClFN2O4S/c15-12-7-9(16)1-6-13(12)23(20,21)18-10-2-4-11(5-3-10)22-8-14(17)19/h1-7,18H,8H2,(H2,17,19). The number of halogens is 2. The van der Waals surface area contributed by atoms with Gasteiger partial charge in [0, 0.05) is 5.69 Å². The minimum absolute atomic E-state index is 0.223. The van der Waals surface area contributed by atoms with Gasteiger partial charge in [0.25, 0.3) is 15.9 Å². The Bertz CT molecular complexity index is 825. The lowest BCUT2D eigenvalue weighted by Gasteiger charge is -2.10. The summed E-state index contributed by atoms with van der Waals surface area (Å²) in [5, 5.41) is -0.223. The van der Waals surface area contributed by atoms with Gasteiger partial charge >= 0.3 is 0 Å². The fourth-order valence-electron chi connectivity index (χ4n) is 1.68. The van der Waals surface area contributed by atoms with Crippen molar-refractivity contribution in [3.8, 4) is 5.75 Å². The van der Waals surface area contributed by atoms with E-state index in [1.54, 1.807) is 0 Å². The predicted molar refractivity (Wildman–Crippen MR) is 83.3 cm³/mol.